The summed E-state index contributed by atoms with van der Waals surface area (Å²) in [5.41, 5.74) is 6.83. The molecule has 0 saturated heterocycles. The van der Waals surface area contributed by atoms with Crippen molar-refractivity contribution in [1.82, 2.24) is 10.2 Å². The molecule has 0 aliphatic heterocycles. The molecular formula is C11H18N4. The zero-order valence-corrected chi connectivity index (χ0v) is 9.16. The van der Waals surface area contributed by atoms with Gasteiger partial charge in [0.05, 0.1) is 11.2 Å². The Bertz CT molecular complexity index is 314. The molecule has 0 atom stereocenters. The van der Waals surface area contributed by atoms with E-state index in [4.69, 9.17) is 5.73 Å². The Morgan fingerprint density at radius 2 is 2.07 bits per heavy atom. The number of aryl methyl sites for hydroxylation is 1. The number of aromatic nitrogens is 2. The number of hydrogen-bond acceptors (Lipinski definition) is 4. The van der Waals surface area contributed by atoms with Gasteiger partial charge in [0.15, 0.2) is 0 Å². The summed E-state index contributed by atoms with van der Waals surface area (Å²) in [5.74, 6) is 0.841. The highest BCUT2D eigenvalue weighted by atomic mass is 15.2. The van der Waals surface area contributed by atoms with E-state index in [1.54, 1.807) is 0 Å². The maximum Gasteiger partial charge on any atom is 0.149 e. The number of nitrogens with two attached hydrogens (primary N) is 1. The van der Waals surface area contributed by atoms with E-state index in [0.717, 1.165) is 24.4 Å². The van der Waals surface area contributed by atoms with E-state index in [0.29, 0.717) is 6.54 Å². The maximum atomic E-state index is 5.84. The van der Waals surface area contributed by atoms with Crippen LogP contribution in [0.1, 0.15) is 31.4 Å². The van der Waals surface area contributed by atoms with Crippen molar-refractivity contribution < 1.29 is 0 Å². The molecule has 2 rings (SSSR count). The first-order chi connectivity index (χ1) is 7.24. The van der Waals surface area contributed by atoms with E-state index in [1.807, 2.05) is 19.1 Å². The average Bonchev–Trinajstić information content (AvgIpc) is 2.71. The third-order valence-electron chi connectivity index (χ3n) is 3.14. The number of rotatable bonds is 3. The summed E-state index contributed by atoms with van der Waals surface area (Å²) in [5, 5.41) is 11.6. The molecule has 1 aromatic rings. The van der Waals surface area contributed by atoms with E-state index in [1.165, 1.54) is 12.8 Å². The van der Waals surface area contributed by atoms with Gasteiger partial charge in [0.25, 0.3) is 0 Å². The van der Waals surface area contributed by atoms with Crippen LogP contribution in [0, 0.1) is 6.92 Å². The van der Waals surface area contributed by atoms with Crippen molar-refractivity contribution in [2.24, 2.45) is 5.73 Å². The second-order valence-corrected chi connectivity index (χ2v) is 4.38. The second kappa shape index (κ2) is 4.14. The summed E-state index contributed by atoms with van der Waals surface area (Å²) in [7, 11) is 0. The summed E-state index contributed by atoms with van der Waals surface area (Å²) in [6, 6.07) is 3.94. The van der Waals surface area contributed by atoms with Crippen LogP contribution in [0.3, 0.4) is 0 Å². The first-order valence-corrected chi connectivity index (χ1v) is 5.53. The fourth-order valence-corrected chi connectivity index (χ4v) is 2.17. The lowest BCUT2D eigenvalue weighted by Crippen LogP contribution is -2.43. The molecule has 0 radical (unpaired) electrons. The van der Waals surface area contributed by atoms with Crippen LogP contribution in [-0.4, -0.2) is 22.3 Å². The van der Waals surface area contributed by atoms with Gasteiger partial charge in [-0.2, -0.15) is 5.10 Å². The van der Waals surface area contributed by atoms with Crippen LogP contribution in [0.2, 0.25) is 0 Å². The van der Waals surface area contributed by atoms with Gasteiger partial charge >= 0.3 is 0 Å². The first-order valence-electron chi connectivity index (χ1n) is 5.53. The fourth-order valence-electron chi connectivity index (χ4n) is 2.17. The quantitative estimate of drug-likeness (QED) is 0.786. The fraction of sp³-hybridized carbons (Fsp3) is 0.636. The molecule has 0 amide bonds. The Balaban J connectivity index is 2.09. The molecule has 3 N–H and O–H groups in total. The number of nitrogens with one attached hydrogen (secondary N) is 1. The normalized spacial score (nSPS) is 19.1. The molecule has 1 fully saturated rings. The molecule has 0 unspecified atom stereocenters. The largest absolute Gasteiger partial charge is 0.362 e. The molecule has 4 heteroatoms. The van der Waals surface area contributed by atoms with Gasteiger partial charge in [-0.05, 0) is 31.9 Å². The van der Waals surface area contributed by atoms with E-state index in [-0.39, 0.29) is 5.54 Å². The van der Waals surface area contributed by atoms with Crippen LogP contribution < -0.4 is 11.1 Å². The second-order valence-electron chi connectivity index (χ2n) is 4.38. The molecule has 1 aliphatic carbocycles. The van der Waals surface area contributed by atoms with Crippen molar-refractivity contribution in [2.75, 3.05) is 11.9 Å². The Morgan fingerprint density at radius 1 is 1.33 bits per heavy atom. The van der Waals surface area contributed by atoms with E-state index in [2.05, 4.69) is 15.5 Å². The Kier molecular flexibility index (Phi) is 2.86. The van der Waals surface area contributed by atoms with Gasteiger partial charge in [0.1, 0.15) is 5.82 Å². The van der Waals surface area contributed by atoms with Gasteiger partial charge in [0, 0.05) is 6.54 Å². The predicted molar refractivity (Wildman–Crippen MR) is 60.6 cm³/mol. The van der Waals surface area contributed by atoms with Crippen molar-refractivity contribution in [1.29, 1.82) is 0 Å². The molecule has 0 aromatic carbocycles. The lowest BCUT2D eigenvalue weighted by Gasteiger charge is -2.28. The molecule has 82 valence electrons. The molecule has 1 aliphatic rings. The van der Waals surface area contributed by atoms with Gasteiger partial charge in [-0.3, -0.25) is 0 Å². The van der Waals surface area contributed by atoms with Gasteiger partial charge in [-0.1, -0.05) is 12.8 Å². The molecule has 15 heavy (non-hydrogen) atoms. The minimum atomic E-state index is 0.0595. The molecule has 0 bridgehead atoms. The standard InChI is InChI=1S/C11H18N4/c1-9-4-5-10(15-14-9)13-11(8-12)6-2-3-7-11/h4-5H,2-3,6-8,12H2,1H3,(H,13,15). The molecular weight excluding hydrogens is 188 g/mol. The topological polar surface area (TPSA) is 63.8 Å². The lowest BCUT2D eigenvalue weighted by molar-refractivity contribution is 0.490. The van der Waals surface area contributed by atoms with Crippen LogP contribution >= 0.6 is 0 Å². The Labute approximate surface area is 90.3 Å². The smallest absolute Gasteiger partial charge is 0.149 e. The minimum Gasteiger partial charge on any atom is -0.362 e. The summed E-state index contributed by atoms with van der Waals surface area (Å²) in [6.07, 6.45) is 4.78. The monoisotopic (exact) mass is 206 g/mol. The number of anilines is 1. The minimum absolute atomic E-state index is 0.0595. The van der Waals surface area contributed by atoms with E-state index < -0.39 is 0 Å². The molecule has 1 saturated carbocycles. The highest BCUT2D eigenvalue weighted by Crippen LogP contribution is 2.31. The van der Waals surface area contributed by atoms with E-state index in [9.17, 15) is 0 Å². The van der Waals surface area contributed by atoms with Gasteiger partial charge < -0.3 is 11.1 Å². The average molecular weight is 206 g/mol. The van der Waals surface area contributed by atoms with Crippen LogP contribution in [0.4, 0.5) is 5.82 Å². The van der Waals surface area contributed by atoms with Gasteiger partial charge in [-0.25, -0.2) is 0 Å². The van der Waals surface area contributed by atoms with Crippen molar-refractivity contribution in [3.63, 3.8) is 0 Å². The molecule has 1 heterocycles. The summed E-state index contributed by atoms with van der Waals surface area (Å²) < 4.78 is 0. The summed E-state index contributed by atoms with van der Waals surface area (Å²) >= 11 is 0. The van der Waals surface area contributed by atoms with Crippen molar-refractivity contribution in [2.45, 2.75) is 38.1 Å². The van der Waals surface area contributed by atoms with Gasteiger partial charge in [0.2, 0.25) is 0 Å². The SMILES string of the molecule is Cc1ccc(NC2(CN)CCCC2)nn1. The maximum absolute atomic E-state index is 5.84. The third kappa shape index (κ3) is 2.26. The molecule has 0 spiro atoms. The molecule has 1 aromatic heterocycles. The molecule has 4 nitrogen and oxygen atoms in total. The highest BCUT2D eigenvalue weighted by molar-refractivity contribution is 5.37. The van der Waals surface area contributed by atoms with Crippen LogP contribution in [0.15, 0.2) is 12.1 Å². The van der Waals surface area contributed by atoms with E-state index >= 15 is 0 Å². The lowest BCUT2D eigenvalue weighted by atomic mass is 9.98. The third-order valence-corrected chi connectivity index (χ3v) is 3.14. The Hall–Kier alpha value is -1.16. The Morgan fingerprint density at radius 3 is 2.60 bits per heavy atom. The zero-order chi connectivity index (χ0) is 10.7. The highest BCUT2D eigenvalue weighted by Gasteiger charge is 2.32. The van der Waals surface area contributed by atoms with Crippen LogP contribution in [0.25, 0.3) is 0 Å². The van der Waals surface area contributed by atoms with Crippen LogP contribution in [-0.2, 0) is 0 Å². The zero-order valence-electron chi connectivity index (χ0n) is 9.16. The van der Waals surface area contributed by atoms with Crippen molar-refractivity contribution in [3.8, 4) is 0 Å². The summed E-state index contributed by atoms with van der Waals surface area (Å²) in [6.45, 7) is 2.60. The predicted octanol–water partition coefficient (Wildman–Crippen LogP) is 1.47. The van der Waals surface area contributed by atoms with Crippen molar-refractivity contribution in [3.05, 3.63) is 17.8 Å². The first kappa shape index (κ1) is 10.4. The summed E-state index contributed by atoms with van der Waals surface area (Å²) in [4.78, 5) is 0. The van der Waals surface area contributed by atoms with Gasteiger partial charge in [-0.15, -0.1) is 5.10 Å². The van der Waals surface area contributed by atoms with Crippen LogP contribution in [0.5, 0.6) is 0 Å². The number of nitrogens with zero attached hydrogens (tertiary/aromatic N) is 2. The van der Waals surface area contributed by atoms with Crippen molar-refractivity contribution >= 4 is 5.82 Å². The number of hydrogen-bond donors (Lipinski definition) is 2.